The molecule has 1 unspecified atom stereocenters. The smallest absolute Gasteiger partial charge is 0.121 e. The van der Waals surface area contributed by atoms with Crippen LogP contribution in [-0.2, 0) is 0 Å². The van der Waals surface area contributed by atoms with Crippen LogP contribution in [0.25, 0.3) is 0 Å². The molecule has 1 fully saturated rings. The molecule has 1 aliphatic rings. The van der Waals surface area contributed by atoms with Gasteiger partial charge in [0.2, 0.25) is 0 Å². The predicted octanol–water partition coefficient (Wildman–Crippen LogP) is 2.85. The van der Waals surface area contributed by atoms with Crippen LogP contribution in [0.4, 0.5) is 5.69 Å². The molecule has 1 N–H and O–H groups in total. The molecule has 1 aromatic rings. The molecule has 0 aromatic heterocycles. The van der Waals surface area contributed by atoms with Crippen molar-refractivity contribution in [3.8, 4) is 6.07 Å². The summed E-state index contributed by atoms with van der Waals surface area (Å²) in [7, 11) is 0. The minimum atomic E-state index is -0.164. The normalized spacial score (nSPS) is 16.1. The molecule has 0 saturated heterocycles. The fraction of sp³-hybridized carbons (Fsp3) is 0.533. The molecule has 1 aliphatic carbocycles. The average Bonchev–Trinajstić information content (AvgIpc) is 3.22. The number of rotatable bonds is 6. The van der Waals surface area contributed by atoms with E-state index in [0.717, 1.165) is 18.7 Å². The third kappa shape index (κ3) is 3.02. The van der Waals surface area contributed by atoms with Crippen LogP contribution in [0.5, 0.6) is 0 Å². The molecule has 0 heterocycles. The molecule has 1 atom stereocenters. The third-order valence-corrected chi connectivity index (χ3v) is 3.46. The van der Waals surface area contributed by atoms with Crippen molar-refractivity contribution in [2.45, 2.75) is 38.8 Å². The van der Waals surface area contributed by atoms with Crippen molar-refractivity contribution in [2.24, 2.45) is 0 Å². The Kier molecular flexibility index (Phi) is 4.22. The van der Waals surface area contributed by atoms with Gasteiger partial charge in [-0.3, -0.25) is 5.32 Å². The maximum atomic E-state index is 9.20. The second-order valence-electron chi connectivity index (χ2n) is 4.77. The van der Waals surface area contributed by atoms with Crippen LogP contribution in [0, 0.1) is 11.3 Å². The number of nitriles is 1. The summed E-state index contributed by atoms with van der Waals surface area (Å²) in [4.78, 5) is 2.31. The highest BCUT2D eigenvalue weighted by Gasteiger charge is 2.25. The topological polar surface area (TPSA) is 39.1 Å². The van der Waals surface area contributed by atoms with Crippen molar-refractivity contribution in [3.05, 3.63) is 29.8 Å². The summed E-state index contributed by atoms with van der Waals surface area (Å²) in [6.45, 7) is 6.34. The average molecular weight is 243 g/mol. The van der Waals surface area contributed by atoms with Crippen molar-refractivity contribution in [1.29, 1.82) is 5.26 Å². The van der Waals surface area contributed by atoms with Gasteiger partial charge in [0, 0.05) is 24.8 Å². The molecule has 3 nitrogen and oxygen atoms in total. The highest BCUT2D eigenvalue weighted by Crippen LogP contribution is 2.25. The van der Waals surface area contributed by atoms with E-state index in [-0.39, 0.29) is 6.04 Å². The minimum absolute atomic E-state index is 0.164. The zero-order chi connectivity index (χ0) is 13.0. The van der Waals surface area contributed by atoms with E-state index in [2.05, 4.69) is 54.4 Å². The maximum Gasteiger partial charge on any atom is 0.121 e. The van der Waals surface area contributed by atoms with Gasteiger partial charge in [0.1, 0.15) is 6.04 Å². The first-order valence-corrected chi connectivity index (χ1v) is 6.79. The van der Waals surface area contributed by atoms with E-state index in [4.69, 9.17) is 0 Å². The second kappa shape index (κ2) is 5.88. The van der Waals surface area contributed by atoms with E-state index < -0.39 is 0 Å². The van der Waals surface area contributed by atoms with Crippen molar-refractivity contribution in [1.82, 2.24) is 5.32 Å². The van der Waals surface area contributed by atoms with E-state index in [1.54, 1.807) is 0 Å². The van der Waals surface area contributed by atoms with Crippen molar-refractivity contribution >= 4 is 5.69 Å². The predicted molar refractivity (Wildman–Crippen MR) is 74.5 cm³/mol. The van der Waals surface area contributed by atoms with Crippen LogP contribution in [0.1, 0.15) is 38.3 Å². The fourth-order valence-corrected chi connectivity index (χ4v) is 2.16. The molecule has 0 amide bonds. The summed E-state index contributed by atoms with van der Waals surface area (Å²) < 4.78 is 0. The number of nitrogens with zero attached hydrogens (tertiary/aromatic N) is 2. The fourth-order valence-electron chi connectivity index (χ4n) is 2.16. The van der Waals surface area contributed by atoms with E-state index >= 15 is 0 Å². The summed E-state index contributed by atoms with van der Waals surface area (Å²) in [5.41, 5.74) is 2.30. The largest absolute Gasteiger partial charge is 0.372 e. The summed E-state index contributed by atoms with van der Waals surface area (Å²) in [5.74, 6) is 0. The molecule has 96 valence electrons. The molecule has 3 heteroatoms. The Labute approximate surface area is 109 Å². The van der Waals surface area contributed by atoms with Crippen LogP contribution in [-0.4, -0.2) is 19.1 Å². The summed E-state index contributed by atoms with van der Waals surface area (Å²) in [5, 5.41) is 12.6. The molecular weight excluding hydrogens is 222 g/mol. The lowest BCUT2D eigenvalue weighted by Crippen LogP contribution is -2.23. The van der Waals surface area contributed by atoms with Gasteiger partial charge in [0.05, 0.1) is 6.07 Å². The van der Waals surface area contributed by atoms with Gasteiger partial charge in [-0.15, -0.1) is 0 Å². The lowest BCUT2D eigenvalue weighted by atomic mass is 10.1. The van der Waals surface area contributed by atoms with E-state index in [1.807, 2.05) is 0 Å². The summed E-state index contributed by atoms with van der Waals surface area (Å²) >= 11 is 0. The molecule has 0 aliphatic heterocycles. The first-order valence-electron chi connectivity index (χ1n) is 6.79. The molecule has 2 rings (SSSR count). The molecule has 1 aromatic carbocycles. The zero-order valence-corrected chi connectivity index (χ0v) is 11.2. The highest BCUT2D eigenvalue weighted by atomic mass is 15.1. The summed E-state index contributed by atoms with van der Waals surface area (Å²) in [6, 6.07) is 11.1. The Hall–Kier alpha value is -1.53. The van der Waals surface area contributed by atoms with Gasteiger partial charge in [-0.25, -0.2) is 0 Å². The standard InChI is InChI=1S/C15H21N3/c1-3-18(4-2)14-9-5-12(6-10-14)15(11-16)17-13-7-8-13/h5-6,9-10,13,15,17H,3-4,7-8H2,1-2H3. The van der Waals surface area contributed by atoms with Gasteiger partial charge in [-0.05, 0) is 44.4 Å². The first kappa shape index (κ1) is 12.9. The highest BCUT2D eigenvalue weighted by molar-refractivity contribution is 5.48. The van der Waals surface area contributed by atoms with E-state index in [0.29, 0.717) is 6.04 Å². The van der Waals surface area contributed by atoms with Gasteiger partial charge in [-0.2, -0.15) is 5.26 Å². The Morgan fingerprint density at radius 3 is 2.33 bits per heavy atom. The maximum absolute atomic E-state index is 9.20. The number of nitrogens with one attached hydrogen (secondary N) is 1. The third-order valence-electron chi connectivity index (χ3n) is 3.46. The quantitative estimate of drug-likeness (QED) is 0.835. The Balaban J connectivity index is 2.07. The van der Waals surface area contributed by atoms with Crippen molar-refractivity contribution in [2.75, 3.05) is 18.0 Å². The van der Waals surface area contributed by atoms with Crippen molar-refractivity contribution in [3.63, 3.8) is 0 Å². The van der Waals surface area contributed by atoms with E-state index in [1.165, 1.54) is 18.5 Å². The molecule has 0 radical (unpaired) electrons. The Morgan fingerprint density at radius 2 is 1.89 bits per heavy atom. The zero-order valence-electron chi connectivity index (χ0n) is 11.2. The van der Waals surface area contributed by atoms with Gasteiger partial charge in [-0.1, -0.05) is 12.1 Å². The van der Waals surface area contributed by atoms with Gasteiger partial charge in [0.15, 0.2) is 0 Å². The van der Waals surface area contributed by atoms with Crippen LogP contribution < -0.4 is 10.2 Å². The number of hydrogen-bond donors (Lipinski definition) is 1. The lowest BCUT2D eigenvalue weighted by molar-refractivity contribution is 0.626. The van der Waals surface area contributed by atoms with Crippen LogP contribution in [0.2, 0.25) is 0 Å². The van der Waals surface area contributed by atoms with Gasteiger partial charge in [0.25, 0.3) is 0 Å². The lowest BCUT2D eigenvalue weighted by Gasteiger charge is -2.21. The number of anilines is 1. The number of benzene rings is 1. The number of hydrogen-bond acceptors (Lipinski definition) is 3. The molecular formula is C15H21N3. The van der Waals surface area contributed by atoms with Gasteiger partial charge < -0.3 is 4.90 Å². The molecule has 18 heavy (non-hydrogen) atoms. The molecule has 0 bridgehead atoms. The molecule has 1 saturated carbocycles. The van der Waals surface area contributed by atoms with Crippen LogP contribution >= 0.6 is 0 Å². The Bertz CT molecular complexity index is 410. The van der Waals surface area contributed by atoms with Crippen molar-refractivity contribution < 1.29 is 0 Å². The molecule has 0 spiro atoms. The van der Waals surface area contributed by atoms with Gasteiger partial charge >= 0.3 is 0 Å². The minimum Gasteiger partial charge on any atom is -0.372 e. The van der Waals surface area contributed by atoms with Crippen LogP contribution in [0.15, 0.2) is 24.3 Å². The second-order valence-corrected chi connectivity index (χ2v) is 4.77. The summed E-state index contributed by atoms with van der Waals surface area (Å²) in [6.07, 6.45) is 2.41. The Morgan fingerprint density at radius 1 is 1.28 bits per heavy atom. The monoisotopic (exact) mass is 243 g/mol. The first-order chi connectivity index (χ1) is 8.78. The van der Waals surface area contributed by atoms with Crippen LogP contribution in [0.3, 0.4) is 0 Å². The SMILES string of the molecule is CCN(CC)c1ccc(C(C#N)NC2CC2)cc1. The van der Waals surface area contributed by atoms with E-state index in [9.17, 15) is 5.26 Å².